The van der Waals surface area contributed by atoms with Crippen LogP contribution in [0.1, 0.15) is 44.9 Å². The number of nitrogens with zero attached hydrogens (tertiary/aromatic N) is 2. The van der Waals surface area contributed by atoms with Gasteiger partial charge in [0.25, 0.3) is 0 Å². The average Bonchev–Trinajstić information content (AvgIpc) is 2.83. The number of pyridine rings is 1. The molecule has 7 heteroatoms. The summed E-state index contributed by atoms with van der Waals surface area (Å²) in [7, 11) is -3.19. The summed E-state index contributed by atoms with van der Waals surface area (Å²) in [5.74, 6) is 2.04. The minimum absolute atomic E-state index is 0.267. The molecule has 0 spiro atoms. The van der Waals surface area contributed by atoms with Gasteiger partial charge in [-0.05, 0) is 61.4 Å². The van der Waals surface area contributed by atoms with Crippen LogP contribution in [0.15, 0.2) is 47.5 Å². The Labute approximate surface area is 191 Å². The van der Waals surface area contributed by atoms with Gasteiger partial charge in [0.15, 0.2) is 9.84 Å². The fourth-order valence-electron chi connectivity index (χ4n) is 4.78. The summed E-state index contributed by atoms with van der Waals surface area (Å²) in [6.45, 7) is 2.61. The molecule has 2 aliphatic rings. The predicted octanol–water partition coefficient (Wildman–Crippen LogP) is 4.38. The van der Waals surface area contributed by atoms with E-state index < -0.39 is 9.84 Å². The molecule has 0 atom stereocenters. The zero-order chi connectivity index (χ0) is 22.6. The second-order valence-corrected chi connectivity index (χ2v) is 11.2. The van der Waals surface area contributed by atoms with E-state index in [0.717, 1.165) is 62.3 Å². The van der Waals surface area contributed by atoms with Crippen LogP contribution in [0, 0.1) is 11.8 Å². The zero-order valence-electron chi connectivity index (χ0n) is 18.8. The van der Waals surface area contributed by atoms with E-state index in [4.69, 9.17) is 0 Å². The summed E-state index contributed by atoms with van der Waals surface area (Å²) < 4.78 is 23.2. The van der Waals surface area contributed by atoms with Crippen molar-refractivity contribution < 1.29 is 13.2 Å². The van der Waals surface area contributed by atoms with Gasteiger partial charge in [0.2, 0.25) is 5.91 Å². The van der Waals surface area contributed by atoms with E-state index in [-0.39, 0.29) is 5.92 Å². The molecular formula is C25H33N3O3S. The number of aromatic nitrogens is 1. The van der Waals surface area contributed by atoms with Crippen molar-refractivity contribution in [3.63, 3.8) is 0 Å². The van der Waals surface area contributed by atoms with Crippen LogP contribution in [0.25, 0.3) is 11.1 Å². The maximum absolute atomic E-state index is 12.7. The molecule has 1 N–H and O–H groups in total. The van der Waals surface area contributed by atoms with Gasteiger partial charge in [-0.25, -0.2) is 13.4 Å². The molecule has 1 aromatic heterocycles. The molecule has 2 aromatic rings. The van der Waals surface area contributed by atoms with Crippen molar-refractivity contribution in [3.8, 4) is 11.1 Å². The molecule has 1 saturated carbocycles. The number of likely N-dealkylation sites (tertiary alicyclic amines) is 1. The van der Waals surface area contributed by atoms with Crippen molar-refractivity contribution >= 4 is 21.6 Å². The minimum Gasteiger partial charge on any atom is -0.370 e. The summed E-state index contributed by atoms with van der Waals surface area (Å²) in [5, 5.41) is 3.44. The molecule has 0 bridgehead atoms. The largest absolute Gasteiger partial charge is 0.370 e. The molecule has 1 aromatic carbocycles. The highest BCUT2D eigenvalue weighted by molar-refractivity contribution is 7.90. The first kappa shape index (κ1) is 22.8. The Kier molecular flexibility index (Phi) is 7.13. The van der Waals surface area contributed by atoms with E-state index in [2.05, 4.69) is 15.2 Å². The third-order valence-corrected chi connectivity index (χ3v) is 7.96. The molecule has 32 heavy (non-hydrogen) atoms. The number of benzene rings is 1. The van der Waals surface area contributed by atoms with Crippen LogP contribution in [0.5, 0.6) is 0 Å². The molecule has 1 aliphatic heterocycles. The second-order valence-electron chi connectivity index (χ2n) is 9.21. The highest BCUT2D eigenvalue weighted by atomic mass is 32.2. The van der Waals surface area contributed by atoms with Gasteiger partial charge >= 0.3 is 0 Å². The van der Waals surface area contributed by atoms with Crippen LogP contribution >= 0.6 is 0 Å². The highest BCUT2D eigenvalue weighted by Gasteiger charge is 2.29. The number of amides is 1. The fraction of sp³-hybridized carbons (Fsp3) is 0.520. The predicted molar refractivity (Wildman–Crippen MR) is 127 cm³/mol. The van der Waals surface area contributed by atoms with Crippen molar-refractivity contribution in [2.24, 2.45) is 11.8 Å². The Morgan fingerprint density at radius 2 is 1.62 bits per heavy atom. The number of carbonyl (C=O) groups is 1. The Hall–Kier alpha value is -2.41. The van der Waals surface area contributed by atoms with E-state index >= 15 is 0 Å². The first-order valence-electron chi connectivity index (χ1n) is 11.7. The molecule has 4 rings (SSSR count). The van der Waals surface area contributed by atoms with Crippen molar-refractivity contribution in [2.75, 3.05) is 31.2 Å². The summed E-state index contributed by atoms with van der Waals surface area (Å²) >= 11 is 0. The molecule has 0 radical (unpaired) electrons. The van der Waals surface area contributed by atoms with E-state index in [1.54, 1.807) is 12.1 Å². The summed E-state index contributed by atoms with van der Waals surface area (Å²) in [6.07, 6.45) is 10.9. The van der Waals surface area contributed by atoms with Gasteiger partial charge in [0, 0.05) is 43.6 Å². The summed E-state index contributed by atoms with van der Waals surface area (Å²) in [4.78, 5) is 19.7. The van der Waals surface area contributed by atoms with Crippen LogP contribution in [0.3, 0.4) is 0 Å². The monoisotopic (exact) mass is 455 g/mol. The SMILES string of the molecule is CS(=O)(=O)c1ccc(-c2ccc(NCC3CCN(C(=O)C4CCCCC4)CC3)nc2)cc1. The van der Waals surface area contributed by atoms with Gasteiger partial charge in [-0.3, -0.25) is 4.79 Å². The molecule has 2 heterocycles. The lowest BCUT2D eigenvalue weighted by Gasteiger charge is -2.35. The van der Waals surface area contributed by atoms with Crippen molar-refractivity contribution in [1.82, 2.24) is 9.88 Å². The quantitative estimate of drug-likeness (QED) is 0.699. The normalized spacial score (nSPS) is 18.5. The maximum Gasteiger partial charge on any atom is 0.225 e. The Morgan fingerprint density at radius 1 is 0.969 bits per heavy atom. The minimum atomic E-state index is -3.19. The Morgan fingerprint density at radius 3 is 2.22 bits per heavy atom. The van der Waals surface area contributed by atoms with Crippen molar-refractivity contribution in [3.05, 3.63) is 42.6 Å². The number of nitrogens with one attached hydrogen (secondary N) is 1. The van der Waals surface area contributed by atoms with Crippen molar-refractivity contribution in [1.29, 1.82) is 0 Å². The number of hydrogen-bond donors (Lipinski definition) is 1. The first-order chi connectivity index (χ1) is 15.4. The van der Waals surface area contributed by atoms with Gasteiger partial charge < -0.3 is 10.2 Å². The van der Waals surface area contributed by atoms with E-state index in [0.29, 0.717) is 16.7 Å². The Balaban J connectivity index is 1.25. The number of hydrogen-bond acceptors (Lipinski definition) is 5. The van der Waals surface area contributed by atoms with Crippen molar-refractivity contribution in [2.45, 2.75) is 49.8 Å². The fourth-order valence-corrected chi connectivity index (χ4v) is 5.41. The lowest BCUT2D eigenvalue weighted by molar-refractivity contribution is -0.137. The first-order valence-corrected chi connectivity index (χ1v) is 13.6. The summed E-state index contributed by atoms with van der Waals surface area (Å²) in [5.41, 5.74) is 1.89. The second kappa shape index (κ2) is 10.0. The number of anilines is 1. The molecule has 0 unspecified atom stereocenters. The summed E-state index contributed by atoms with van der Waals surface area (Å²) in [6, 6.07) is 10.8. The standard InChI is InChI=1S/C25H33N3O3S/c1-32(30,31)23-10-7-20(8-11-23)22-9-12-24(27-18-22)26-17-19-13-15-28(16-14-19)25(29)21-5-3-2-4-6-21/h7-12,18-19,21H,2-6,13-17H2,1H3,(H,26,27). The van der Waals surface area contributed by atoms with Gasteiger partial charge in [0.05, 0.1) is 4.90 Å². The molecule has 6 nitrogen and oxygen atoms in total. The third-order valence-electron chi connectivity index (χ3n) is 6.83. The van der Waals surface area contributed by atoms with Crippen LogP contribution in [0.2, 0.25) is 0 Å². The molecule has 1 saturated heterocycles. The molecule has 1 amide bonds. The molecule has 2 fully saturated rings. The third kappa shape index (κ3) is 5.68. The van der Waals surface area contributed by atoms with E-state index in [1.807, 2.05) is 30.5 Å². The average molecular weight is 456 g/mol. The van der Waals surface area contributed by atoms with Gasteiger partial charge in [-0.1, -0.05) is 31.4 Å². The van der Waals surface area contributed by atoms with Crippen LogP contribution in [-0.2, 0) is 14.6 Å². The van der Waals surface area contributed by atoms with Gasteiger partial charge in [-0.2, -0.15) is 0 Å². The van der Waals surface area contributed by atoms with E-state index in [1.165, 1.54) is 25.5 Å². The smallest absolute Gasteiger partial charge is 0.225 e. The molecule has 1 aliphatic carbocycles. The van der Waals surface area contributed by atoms with Crippen LogP contribution in [0.4, 0.5) is 5.82 Å². The molecule has 172 valence electrons. The topological polar surface area (TPSA) is 79.4 Å². The number of piperidine rings is 1. The zero-order valence-corrected chi connectivity index (χ0v) is 19.6. The number of rotatable bonds is 6. The number of carbonyl (C=O) groups excluding carboxylic acids is 1. The van der Waals surface area contributed by atoms with Crippen LogP contribution in [-0.4, -0.2) is 50.1 Å². The van der Waals surface area contributed by atoms with E-state index in [9.17, 15) is 13.2 Å². The Bertz CT molecular complexity index is 1010. The molecular weight excluding hydrogens is 422 g/mol. The highest BCUT2D eigenvalue weighted by Crippen LogP contribution is 2.28. The lowest BCUT2D eigenvalue weighted by Crippen LogP contribution is -2.43. The van der Waals surface area contributed by atoms with Crippen LogP contribution < -0.4 is 5.32 Å². The lowest BCUT2D eigenvalue weighted by atomic mass is 9.87. The number of sulfone groups is 1. The van der Waals surface area contributed by atoms with Gasteiger partial charge in [-0.15, -0.1) is 0 Å². The van der Waals surface area contributed by atoms with Gasteiger partial charge in [0.1, 0.15) is 5.82 Å². The maximum atomic E-state index is 12.7.